The van der Waals surface area contributed by atoms with Gasteiger partial charge >= 0.3 is 0 Å². The smallest absolute Gasteiger partial charge is 0.116 e. The Hall–Kier alpha value is -1.90. The minimum absolute atomic E-state index is 0.130. The van der Waals surface area contributed by atoms with Crippen molar-refractivity contribution in [3.63, 3.8) is 0 Å². The minimum atomic E-state index is 0.130. The van der Waals surface area contributed by atoms with E-state index in [1.807, 2.05) is 25.4 Å². The molecule has 0 fully saturated rings. The molecular formula is C12H11N3. The molecule has 0 spiro atoms. The lowest BCUT2D eigenvalue weighted by Crippen LogP contribution is -2.38. The number of hydrogen-bond donors (Lipinski definition) is 1. The summed E-state index contributed by atoms with van der Waals surface area (Å²) in [5.74, 6) is 0. The lowest BCUT2D eigenvalue weighted by molar-refractivity contribution is 0.666. The van der Waals surface area contributed by atoms with E-state index in [1.54, 1.807) is 0 Å². The van der Waals surface area contributed by atoms with Crippen LogP contribution in [0.1, 0.15) is 6.92 Å². The fraction of sp³-hybridized carbons (Fsp3) is 0.167. The van der Waals surface area contributed by atoms with Crippen LogP contribution in [0.5, 0.6) is 0 Å². The van der Waals surface area contributed by atoms with Gasteiger partial charge in [0.05, 0.1) is 10.9 Å². The van der Waals surface area contributed by atoms with Gasteiger partial charge in [-0.05, 0) is 13.0 Å². The highest BCUT2D eigenvalue weighted by Crippen LogP contribution is 2.03. The van der Waals surface area contributed by atoms with Gasteiger partial charge in [-0.3, -0.25) is 9.98 Å². The molecule has 0 radical (unpaired) electrons. The van der Waals surface area contributed by atoms with Crippen molar-refractivity contribution in [2.75, 3.05) is 0 Å². The molecule has 3 nitrogen and oxygen atoms in total. The number of rotatable bonds is 0. The molecule has 2 aromatic rings. The van der Waals surface area contributed by atoms with Crippen LogP contribution >= 0.6 is 0 Å². The average Bonchev–Trinajstić information content (AvgIpc) is 2.29. The van der Waals surface area contributed by atoms with Crippen LogP contribution < -0.4 is 15.9 Å². The molecule has 0 saturated heterocycles. The normalized spacial score (nSPS) is 18.6. The summed E-state index contributed by atoms with van der Waals surface area (Å²) in [5.41, 5.74) is 0.986. The zero-order valence-electron chi connectivity index (χ0n) is 8.44. The third-order valence-corrected chi connectivity index (χ3v) is 2.58. The second kappa shape index (κ2) is 3.05. The van der Waals surface area contributed by atoms with Gasteiger partial charge in [0, 0.05) is 23.0 Å². The van der Waals surface area contributed by atoms with E-state index in [1.165, 1.54) is 0 Å². The van der Waals surface area contributed by atoms with Crippen molar-refractivity contribution in [3.8, 4) is 0 Å². The maximum atomic E-state index is 4.57. The Balaban J connectivity index is 2.53. The Labute approximate surface area is 87.2 Å². The van der Waals surface area contributed by atoms with Crippen LogP contribution in [0.2, 0.25) is 0 Å². The molecule has 3 rings (SSSR count). The van der Waals surface area contributed by atoms with Gasteiger partial charge in [-0.1, -0.05) is 18.2 Å². The Morgan fingerprint density at radius 3 is 3.13 bits per heavy atom. The van der Waals surface area contributed by atoms with E-state index < -0.39 is 0 Å². The van der Waals surface area contributed by atoms with Gasteiger partial charge in [-0.2, -0.15) is 0 Å². The van der Waals surface area contributed by atoms with Crippen LogP contribution in [0.3, 0.4) is 0 Å². The van der Waals surface area contributed by atoms with Gasteiger partial charge in [0.25, 0.3) is 0 Å². The number of benzene rings is 1. The third-order valence-electron chi connectivity index (χ3n) is 2.58. The maximum Gasteiger partial charge on any atom is 0.116 e. The number of fused-ring (bicyclic) bond motifs is 3. The lowest BCUT2D eigenvalue weighted by Gasteiger charge is -2.11. The summed E-state index contributed by atoms with van der Waals surface area (Å²) in [6.45, 7) is 2.03. The Bertz CT molecular complexity index is 631. The van der Waals surface area contributed by atoms with Gasteiger partial charge < -0.3 is 5.32 Å². The number of pyridine rings is 1. The summed E-state index contributed by atoms with van der Waals surface area (Å²) in [6, 6.07) is 8.15. The van der Waals surface area contributed by atoms with E-state index in [0.717, 1.165) is 21.5 Å². The first kappa shape index (κ1) is 8.41. The molecule has 1 aliphatic rings. The molecule has 1 unspecified atom stereocenters. The molecule has 0 saturated carbocycles. The predicted octanol–water partition coefficient (Wildman–Crippen LogP) is 0.542. The van der Waals surface area contributed by atoms with E-state index in [9.17, 15) is 0 Å². The van der Waals surface area contributed by atoms with E-state index >= 15 is 0 Å². The molecule has 1 atom stereocenters. The highest BCUT2D eigenvalue weighted by molar-refractivity contribution is 5.78. The zero-order valence-corrected chi connectivity index (χ0v) is 8.44. The van der Waals surface area contributed by atoms with E-state index in [2.05, 4.69) is 33.5 Å². The molecule has 3 heteroatoms. The molecular weight excluding hydrogens is 186 g/mol. The van der Waals surface area contributed by atoms with Gasteiger partial charge in [-0.25, -0.2) is 0 Å². The van der Waals surface area contributed by atoms with Crippen molar-refractivity contribution in [3.05, 3.63) is 41.0 Å². The monoisotopic (exact) mass is 197 g/mol. The Morgan fingerprint density at radius 2 is 2.20 bits per heavy atom. The molecule has 0 amide bonds. The van der Waals surface area contributed by atoms with Crippen LogP contribution in [-0.2, 0) is 0 Å². The van der Waals surface area contributed by atoms with Crippen LogP contribution in [0.25, 0.3) is 17.1 Å². The average molecular weight is 197 g/mol. The zero-order chi connectivity index (χ0) is 10.3. The SMILES string of the molecule is CC1N=c2c(ccc3cccnc23)=CN1. The highest BCUT2D eigenvalue weighted by Gasteiger charge is 2.04. The van der Waals surface area contributed by atoms with Crippen LogP contribution in [0, 0.1) is 0 Å². The summed E-state index contributed by atoms with van der Waals surface area (Å²) in [6.07, 6.45) is 3.94. The van der Waals surface area contributed by atoms with Crippen molar-refractivity contribution in [2.24, 2.45) is 4.99 Å². The number of hydrogen-bond acceptors (Lipinski definition) is 3. The summed E-state index contributed by atoms with van der Waals surface area (Å²) >= 11 is 0. The summed E-state index contributed by atoms with van der Waals surface area (Å²) in [4.78, 5) is 8.96. The van der Waals surface area contributed by atoms with Crippen molar-refractivity contribution in [2.45, 2.75) is 13.1 Å². The quantitative estimate of drug-likeness (QED) is 0.669. The van der Waals surface area contributed by atoms with Crippen molar-refractivity contribution >= 4 is 17.1 Å². The number of nitrogens with one attached hydrogen (secondary N) is 1. The Kier molecular flexibility index (Phi) is 1.71. The van der Waals surface area contributed by atoms with E-state index in [4.69, 9.17) is 0 Å². The molecule has 1 aromatic carbocycles. The van der Waals surface area contributed by atoms with Crippen molar-refractivity contribution < 1.29 is 0 Å². The molecule has 0 bridgehead atoms. The molecule has 74 valence electrons. The fourth-order valence-electron chi connectivity index (χ4n) is 1.84. The summed E-state index contributed by atoms with van der Waals surface area (Å²) < 4.78 is 0. The molecule has 1 aromatic heterocycles. The molecule has 15 heavy (non-hydrogen) atoms. The van der Waals surface area contributed by atoms with E-state index in [-0.39, 0.29) is 6.17 Å². The third kappa shape index (κ3) is 1.28. The standard InChI is InChI=1S/C12H11N3/c1-8-14-7-10-5-4-9-3-2-6-13-11(9)12(10)15-8/h2-8,14H,1H3. The molecule has 2 heterocycles. The topological polar surface area (TPSA) is 37.3 Å². The first-order chi connectivity index (χ1) is 7.34. The van der Waals surface area contributed by atoms with Gasteiger partial charge in [0.15, 0.2) is 0 Å². The lowest BCUT2D eigenvalue weighted by atomic mass is 10.1. The number of aromatic nitrogens is 1. The molecule has 1 aliphatic heterocycles. The summed E-state index contributed by atoms with van der Waals surface area (Å²) in [5, 5.41) is 6.43. The Morgan fingerprint density at radius 1 is 1.27 bits per heavy atom. The fourth-order valence-corrected chi connectivity index (χ4v) is 1.84. The number of nitrogens with zero attached hydrogens (tertiary/aromatic N) is 2. The molecule has 0 aliphatic carbocycles. The summed E-state index contributed by atoms with van der Waals surface area (Å²) in [7, 11) is 0. The predicted molar refractivity (Wildman–Crippen MR) is 59.6 cm³/mol. The second-order valence-corrected chi connectivity index (χ2v) is 3.69. The first-order valence-corrected chi connectivity index (χ1v) is 5.02. The largest absolute Gasteiger partial charge is 0.369 e. The van der Waals surface area contributed by atoms with E-state index in [0.29, 0.717) is 0 Å². The van der Waals surface area contributed by atoms with Gasteiger partial charge in [0.1, 0.15) is 6.17 Å². The van der Waals surface area contributed by atoms with Crippen LogP contribution in [-0.4, -0.2) is 11.1 Å². The first-order valence-electron chi connectivity index (χ1n) is 5.02. The second-order valence-electron chi connectivity index (χ2n) is 3.69. The van der Waals surface area contributed by atoms with Crippen LogP contribution in [0.15, 0.2) is 35.5 Å². The minimum Gasteiger partial charge on any atom is -0.369 e. The van der Waals surface area contributed by atoms with Crippen molar-refractivity contribution in [1.82, 2.24) is 10.3 Å². The van der Waals surface area contributed by atoms with Crippen LogP contribution in [0.4, 0.5) is 0 Å². The highest BCUT2D eigenvalue weighted by atomic mass is 15.1. The van der Waals surface area contributed by atoms with Crippen molar-refractivity contribution in [1.29, 1.82) is 0 Å². The maximum absolute atomic E-state index is 4.57. The van der Waals surface area contributed by atoms with Gasteiger partial charge in [-0.15, -0.1) is 0 Å². The van der Waals surface area contributed by atoms with Gasteiger partial charge in [0.2, 0.25) is 0 Å². The molecule has 1 N–H and O–H groups in total.